The van der Waals surface area contributed by atoms with Gasteiger partial charge in [0, 0.05) is 0 Å². The van der Waals surface area contributed by atoms with Gasteiger partial charge < -0.3 is 10.6 Å². The molecule has 0 bridgehead atoms. The maximum atomic E-state index is 9.10. The van der Waals surface area contributed by atoms with E-state index in [0.29, 0.717) is 5.75 Å². The molecule has 2 heteroatoms. The van der Waals surface area contributed by atoms with Gasteiger partial charge in [-0.2, -0.15) is 0 Å². The van der Waals surface area contributed by atoms with Crippen LogP contribution in [0.2, 0.25) is 0 Å². The van der Waals surface area contributed by atoms with Gasteiger partial charge in [0.25, 0.3) is 0 Å². The lowest BCUT2D eigenvalue weighted by atomic mass is 10.1. The van der Waals surface area contributed by atoms with Gasteiger partial charge in [-0.1, -0.05) is 12.1 Å². The Kier molecular flexibility index (Phi) is 2.90. The van der Waals surface area contributed by atoms with Crippen LogP contribution in [0.4, 0.5) is 0 Å². The van der Waals surface area contributed by atoms with Crippen molar-refractivity contribution in [3.8, 4) is 5.75 Å². The summed E-state index contributed by atoms with van der Waals surface area (Å²) in [5, 5.41) is 9.10. The molecule has 56 valence electrons. The van der Waals surface area contributed by atoms with Crippen molar-refractivity contribution in [2.45, 2.75) is 13.8 Å². The molecule has 0 saturated carbocycles. The van der Waals surface area contributed by atoms with Crippen molar-refractivity contribution in [2.75, 3.05) is 0 Å². The van der Waals surface area contributed by atoms with E-state index in [4.69, 9.17) is 5.11 Å². The normalized spacial score (nSPS) is 8.60. The number of aromatic hydroxyl groups is 1. The van der Waals surface area contributed by atoms with Gasteiger partial charge >= 0.3 is 0 Å². The van der Waals surface area contributed by atoms with Crippen LogP contribution in [-0.4, -0.2) is 10.6 Å². The lowest BCUT2D eigenvalue weighted by Gasteiger charge is -1.99. The number of phenolic OH excluding ortho intramolecular Hbond substituents is 1. The third-order valence-electron chi connectivity index (χ3n) is 1.58. The quantitative estimate of drug-likeness (QED) is 0.578. The molecule has 0 spiro atoms. The lowest BCUT2D eigenvalue weighted by molar-refractivity contribution is 0.470. The molecule has 0 atom stereocenters. The second-order valence-corrected chi connectivity index (χ2v) is 2.22. The number of hydrogen-bond donors (Lipinski definition) is 1. The zero-order chi connectivity index (χ0) is 6.85. The molecule has 0 aliphatic carbocycles. The Labute approximate surface area is 60.4 Å². The van der Waals surface area contributed by atoms with E-state index in [1.807, 2.05) is 26.0 Å². The first-order valence-corrected chi connectivity index (χ1v) is 2.97. The molecule has 0 heterocycles. The summed E-state index contributed by atoms with van der Waals surface area (Å²) < 4.78 is 0. The number of rotatable bonds is 0. The van der Waals surface area contributed by atoms with E-state index in [0.717, 1.165) is 11.1 Å². The maximum absolute atomic E-state index is 9.10. The fourth-order valence-corrected chi connectivity index (χ4v) is 0.736. The van der Waals surface area contributed by atoms with E-state index in [1.165, 1.54) is 0 Å². The summed E-state index contributed by atoms with van der Waals surface area (Å²) in [7, 11) is 0. The number of benzene rings is 1. The molecule has 0 aromatic heterocycles. The molecule has 2 nitrogen and oxygen atoms in total. The highest BCUT2D eigenvalue weighted by Crippen LogP contribution is 2.17. The van der Waals surface area contributed by atoms with E-state index in [9.17, 15) is 0 Å². The minimum Gasteiger partial charge on any atom is -0.508 e. The molecule has 0 radical (unpaired) electrons. The van der Waals surface area contributed by atoms with E-state index >= 15 is 0 Å². The Hall–Kier alpha value is -1.02. The SMILES string of the molecule is Cc1cccc(O)c1C.O. The topological polar surface area (TPSA) is 51.7 Å². The van der Waals surface area contributed by atoms with Crippen molar-refractivity contribution in [1.82, 2.24) is 0 Å². The van der Waals surface area contributed by atoms with Crippen LogP contribution in [0.5, 0.6) is 5.75 Å². The zero-order valence-electron chi connectivity index (χ0n) is 6.18. The molecule has 10 heavy (non-hydrogen) atoms. The average Bonchev–Trinajstić information content (AvgIpc) is 1.83. The van der Waals surface area contributed by atoms with Crippen LogP contribution in [-0.2, 0) is 0 Å². The fourth-order valence-electron chi connectivity index (χ4n) is 0.736. The molecule has 0 aliphatic rings. The van der Waals surface area contributed by atoms with Crippen molar-refractivity contribution in [1.29, 1.82) is 0 Å². The van der Waals surface area contributed by atoms with Gasteiger partial charge in [-0.05, 0) is 31.0 Å². The summed E-state index contributed by atoms with van der Waals surface area (Å²) in [5.41, 5.74) is 2.10. The molecule has 0 aliphatic heterocycles. The summed E-state index contributed by atoms with van der Waals surface area (Å²) >= 11 is 0. The van der Waals surface area contributed by atoms with Crippen molar-refractivity contribution >= 4 is 0 Å². The standard InChI is InChI=1S/C8H10O.H2O/c1-6-4-3-5-8(9)7(6)2;/h3-5,9H,1-2H3;1H2. The van der Waals surface area contributed by atoms with Crippen LogP contribution in [0.15, 0.2) is 18.2 Å². The Morgan fingerprint density at radius 3 is 2.20 bits per heavy atom. The molecule has 0 amide bonds. The van der Waals surface area contributed by atoms with Crippen LogP contribution in [0.1, 0.15) is 11.1 Å². The number of hydrogen-bond acceptors (Lipinski definition) is 1. The first kappa shape index (κ1) is 8.98. The minimum absolute atomic E-state index is 0. The van der Waals surface area contributed by atoms with E-state index in [-0.39, 0.29) is 5.48 Å². The first-order chi connectivity index (χ1) is 4.22. The van der Waals surface area contributed by atoms with Gasteiger partial charge in [0.2, 0.25) is 0 Å². The lowest BCUT2D eigenvalue weighted by Crippen LogP contribution is -1.78. The van der Waals surface area contributed by atoms with Gasteiger partial charge in [-0.25, -0.2) is 0 Å². The minimum atomic E-state index is 0. The Morgan fingerprint density at radius 1 is 1.20 bits per heavy atom. The highest BCUT2D eigenvalue weighted by molar-refractivity contribution is 5.36. The third-order valence-corrected chi connectivity index (χ3v) is 1.58. The van der Waals surface area contributed by atoms with Crippen molar-refractivity contribution in [2.24, 2.45) is 0 Å². The summed E-state index contributed by atoms with van der Waals surface area (Å²) in [5.74, 6) is 0.384. The molecule has 0 saturated heterocycles. The van der Waals surface area contributed by atoms with Crippen molar-refractivity contribution in [3.05, 3.63) is 29.3 Å². The number of phenols is 1. The van der Waals surface area contributed by atoms with Crippen LogP contribution >= 0.6 is 0 Å². The van der Waals surface area contributed by atoms with Gasteiger partial charge in [0.15, 0.2) is 0 Å². The highest BCUT2D eigenvalue weighted by Gasteiger charge is 1.94. The van der Waals surface area contributed by atoms with E-state index in [1.54, 1.807) is 6.07 Å². The summed E-state index contributed by atoms with van der Waals surface area (Å²) in [4.78, 5) is 0. The largest absolute Gasteiger partial charge is 0.508 e. The van der Waals surface area contributed by atoms with E-state index < -0.39 is 0 Å². The van der Waals surface area contributed by atoms with Crippen LogP contribution < -0.4 is 0 Å². The second kappa shape index (κ2) is 3.22. The highest BCUT2D eigenvalue weighted by atomic mass is 16.3. The Balaban J connectivity index is 0.000000810. The molecule has 1 aromatic carbocycles. The molecular weight excluding hydrogens is 128 g/mol. The predicted molar refractivity (Wildman–Crippen MR) is 41.2 cm³/mol. The predicted octanol–water partition coefficient (Wildman–Crippen LogP) is 1.18. The monoisotopic (exact) mass is 140 g/mol. The first-order valence-electron chi connectivity index (χ1n) is 2.97. The van der Waals surface area contributed by atoms with Gasteiger partial charge in [0.1, 0.15) is 5.75 Å². The van der Waals surface area contributed by atoms with Gasteiger partial charge in [-0.15, -0.1) is 0 Å². The smallest absolute Gasteiger partial charge is 0.118 e. The summed E-state index contributed by atoms with van der Waals surface area (Å²) in [6, 6.07) is 5.52. The van der Waals surface area contributed by atoms with Crippen LogP contribution in [0.25, 0.3) is 0 Å². The summed E-state index contributed by atoms with van der Waals surface area (Å²) in [6.07, 6.45) is 0. The maximum Gasteiger partial charge on any atom is 0.118 e. The molecule has 1 rings (SSSR count). The van der Waals surface area contributed by atoms with E-state index in [2.05, 4.69) is 0 Å². The van der Waals surface area contributed by atoms with Crippen LogP contribution in [0, 0.1) is 13.8 Å². The van der Waals surface area contributed by atoms with Gasteiger partial charge in [-0.3, -0.25) is 0 Å². The molecule has 1 aromatic rings. The van der Waals surface area contributed by atoms with Gasteiger partial charge in [0.05, 0.1) is 0 Å². The van der Waals surface area contributed by atoms with Crippen LogP contribution in [0.3, 0.4) is 0 Å². The summed E-state index contributed by atoms with van der Waals surface area (Å²) in [6.45, 7) is 3.89. The second-order valence-electron chi connectivity index (χ2n) is 2.22. The molecule has 0 unspecified atom stereocenters. The number of aryl methyl sites for hydroxylation is 1. The molecule has 0 fully saturated rings. The third kappa shape index (κ3) is 1.48. The Bertz CT molecular complexity index is 198. The van der Waals surface area contributed by atoms with Crippen molar-refractivity contribution < 1.29 is 10.6 Å². The van der Waals surface area contributed by atoms with Crippen molar-refractivity contribution in [3.63, 3.8) is 0 Å². The Morgan fingerprint density at radius 2 is 1.80 bits per heavy atom. The molecular formula is C8H12O2. The zero-order valence-corrected chi connectivity index (χ0v) is 6.18. The fraction of sp³-hybridized carbons (Fsp3) is 0.250. The average molecular weight is 140 g/mol. The molecule has 3 N–H and O–H groups in total.